The van der Waals surface area contributed by atoms with Crippen LogP contribution in [-0.2, 0) is 14.2 Å². The SMILES string of the molecule is CN(CCOCCOCCOCCN(C)c1ccc(C=O)cc1)c1ccc(C=O)cc1. The molecule has 0 saturated heterocycles. The zero-order valence-electron chi connectivity index (χ0n) is 18.4. The van der Waals surface area contributed by atoms with Crippen LogP contribution in [0, 0.1) is 0 Å². The van der Waals surface area contributed by atoms with Crippen molar-refractivity contribution < 1.29 is 23.8 Å². The number of likely N-dealkylation sites (N-methyl/N-ethyl adjacent to an activating group) is 2. The molecule has 0 aliphatic carbocycles. The lowest BCUT2D eigenvalue weighted by Crippen LogP contribution is -2.24. The number of nitrogens with zero attached hydrogens (tertiary/aromatic N) is 2. The number of anilines is 2. The van der Waals surface area contributed by atoms with Gasteiger partial charge in [-0.05, 0) is 48.5 Å². The van der Waals surface area contributed by atoms with E-state index in [1.165, 1.54) is 0 Å². The van der Waals surface area contributed by atoms with Crippen molar-refractivity contribution >= 4 is 23.9 Å². The number of rotatable bonds is 16. The van der Waals surface area contributed by atoms with Crippen LogP contribution < -0.4 is 9.80 Å². The van der Waals surface area contributed by atoms with Gasteiger partial charge in [0.15, 0.2) is 0 Å². The summed E-state index contributed by atoms with van der Waals surface area (Å²) in [5, 5.41) is 0. The highest BCUT2D eigenvalue weighted by molar-refractivity contribution is 5.76. The summed E-state index contributed by atoms with van der Waals surface area (Å²) in [6, 6.07) is 14.9. The van der Waals surface area contributed by atoms with Crippen molar-refractivity contribution in [3.63, 3.8) is 0 Å². The van der Waals surface area contributed by atoms with E-state index in [-0.39, 0.29) is 0 Å². The van der Waals surface area contributed by atoms with E-state index < -0.39 is 0 Å². The van der Waals surface area contributed by atoms with Crippen LogP contribution >= 0.6 is 0 Å². The molecule has 0 aliphatic heterocycles. The largest absolute Gasteiger partial charge is 0.377 e. The van der Waals surface area contributed by atoms with Crippen molar-refractivity contribution in [2.45, 2.75) is 0 Å². The summed E-state index contributed by atoms with van der Waals surface area (Å²) in [6.45, 7) is 4.87. The van der Waals surface area contributed by atoms with Gasteiger partial charge in [0.2, 0.25) is 0 Å². The number of carbonyl (C=O) groups excluding carboxylic acids is 2. The van der Waals surface area contributed by atoms with Crippen LogP contribution in [-0.4, -0.2) is 79.4 Å². The first kappa shape index (κ1) is 24.5. The zero-order valence-corrected chi connectivity index (χ0v) is 18.4. The number of carbonyl (C=O) groups is 2. The first-order valence-electron chi connectivity index (χ1n) is 10.4. The zero-order chi connectivity index (χ0) is 22.3. The van der Waals surface area contributed by atoms with Crippen LogP contribution in [0.1, 0.15) is 20.7 Å². The number of ether oxygens (including phenoxy) is 3. The third-order valence-corrected chi connectivity index (χ3v) is 4.83. The van der Waals surface area contributed by atoms with Gasteiger partial charge in [-0.25, -0.2) is 0 Å². The molecule has 0 heterocycles. The smallest absolute Gasteiger partial charge is 0.150 e. The third-order valence-electron chi connectivity index (χ3n) is 4.83. The lowest BCUT2D eigenvalue weighted by Gasteiger charge is -2.19. The minimum absolute atomic E-state index is 0.532. The Morgan fingerprint density at radius 1 is 0.581 bits per heavy atom. The Hall–Kier alpha value is -2.74. The van der Waals surface area contributed by atoms with Gasteiger partial charge in [0.05, 0.1) is 39.6 Å². The molecule has 0 unspecified atom stereocenters. The van der Waals surface area contributed by atoms with E-state index in [1.807, 2.05) is 38.4 Å². The summed E-state index contributed by atoms with van der Waals surface area (Å²) in [4.78, 5) is 25.5. The number of hydrogen-bond acceptors (Lipinski definition) is 7. The van der Waals surface area contributed by atoms with E-state index in [0.29, 0.717) is 50.8 Å². The van der Waals surface area contributed by atoms with Crippen LogP contribution in [0.25, 0.3) is 0 Å². The molecule has 0 radical (unpaired) electrons. The first-order valence-corrected chi connectivity index (χ1v) is 10.4. The van der Waals surface area contributed by atoms with Crippen LogP contribution in [0.5, 0.6) is 0 Å². The minimum Gasteiger partial charge on any atom is -0.377 e. The molecule has 2 rings (SSSR count). The van der Waals surface area contributed by atoms with Crippen molar-refractivity contribution in [3.05, 3.63) is 59.7 Å². The van der Waals surface area contributed by atoms with Crippen molar-refractivity contribution in [2.24, 2.45) is 0 Å². The molecule has 0 aliphatic rings. The van der Waals surface area contributed by atoms with Crippen LogP contribution in [0.2, 0.25) is 0 Å². The molecule has 0 N–H and O–H groups in total. The molecule has 168 valence electrons. The van der Waals surface area contributed by atoms with Gasteiger partial charge in [0.25, 0.3) is 0 Å². The fraction of sp³-hybridized carbons (Fsp3) is 0.417. The molecule has 0 amide bonds. The Morgan fingerprint density at radius 3 is 1.23 bits per heavy atom. The van der Waals surface area contributed by atoms with E-state index in [4.69, 9.17) is 14.2 Å². The van der Waals surface area contributed by atoms with Gasteiger partial charge < -0.3 is 24.0 Å². The fourth-order valence-corrected chi connectivity index (χ4v) is 2.82. The van der Waals surface area contributed by atoms with Gasteiger partial charge in [-0.2, -0.15) is 0 Å². The van der Waals surface area contributed by atoms with Gasteiger partial charge in [-0.1, -0.05) is 0 Å². The minimum atomic E-state index is 0.532. The quantitative estimate of drug-likeness (QED) is 0.301. The molecule has 2 aromatic carbocycles. The maximum atomic E-state index is 10.7. The fourth-order valence-electron chi connectivity index (χ4n) is 2.82. The molecule has 0 aromatic heterocycles. The third kappa shape index (κ3) is 9.29. The van der Waals surface area contributed by atoms with E-state index in [9.17, 15) is 9.59 Å². The molecule has 7 nitrogen and oxygen atoms in total. The van der Waals surface area contributed by atoms with Crippen molar-refractivity contribution in [1.29, 1.82) is 0 Å². The van der Waals surface area contributed by atoms with Gasteiger partial charge in [-0.15, -0.1) is 0 Å². The van der Waals surface area contributed by atoms with Crippen molar-refractivity contribution in [1.82, 2.24) is 0 Å². The molecular weight excluding hydrogens is 396 g/mol. The molecule has 0 spiro atoms. The predicted molar refractivity (Wildman–Crippen MR) is 123 cm³/mol. The van der Waals surface area contributed by atoms with Gasteiger partial charge in [-0.3, -0.25) is 9.59 Å². The van der Waals surface area contributed by atoms with E-state index >= 15 is 0 Å². The monoisotopic (exact) mass is 428 g/mol. The summed E-state index contributed by atoms with van der Waals surface area (Å²) in [5.74, 6) is 0. The average molecular weight is 429 g/mol. The highest BCUT2D eigenvalue weighted by Crippen LogP contribution is 2.13. The maximum Gasteiger partial charge on any atom is 0.150 e. The highest BCUT2D eigenvalue weighted by Gasteiger charge is 2.02. The van der Waals surface area contributed by atoms with Gasteiger partial charge in [0, 0.05) is 49.7 Å². The number of hydrogen-bond donors (Lipinski definition) is 0. The molecule has 2 aromatic rings. The van der Waals surface area contributed by atoms with Gasteiger partial charge >= 0.3 is 0 Å². The van der Waals surface area contributed by atoms with Crippen LogP contribution in [0.4, 0.5) is 11.4 Å². The average Bonchev–Trinajstić information content (AvgIpc) is 2.82. The number of benzene rings is 2. The molecular formula is C24H32N2O5. The molecule has 0 bridgehead atoms. The van der Waals surface area contributed by atoms with Gasteiger partial charge in [0.1, 0.15) is 12.6 Å². The second kappa shape index (κ2) is 14.3. The summed E-state index contributed by atoms with van der Waals surface area (Å²) in [5.41, 5.74) is 3.44. The summed E-state index contributed by atoms with van der Waals surface area (Å²) in [6.07, 6.45) is 1.68. The standard InChI is InChI=1S/C24H32N2O5/c1-25(23-7-3-21(19-27)4-8-23)11-13-29-15-17-31-18-16-30-14-12-26(2)24-9-5-22(20-28)6-10-24/h3-10,19-20H,11-18H2,1-2H3. The Labute approximate surface area is 184 Å². The second-order valence-electron chi connectivity index (χ2n) is 7.10. The van der Waals surface area contributed by atoms with Crippen molar-refractivity contribution in [2.75, 3.05) is 76.6 Å². The predicted octanol–water partition coefficient (Wildman–Crippen LogP) is 2.93. The molecule has 31 heavy (non-hydrogen) atoms. The Kier molecular flexibility index (Phi) is 11.3. The van der Waals surface area contributed by atoms with E-state index in [0.717, 1.165) is 37.0 Å². The second-order valence-corrected chi connectivity index (χ2v) is 7.10. The summed E-state index contributed by atoms with van der Waals surface area (Å²) in [7, 11) is 3.98. The normalized spacial score (nSPS) is 10.6. The first-order chi connectivity index (χ1) is 15.1. The molecule has 7 heteroatoms. The Balaban J connectivity index is 1.43. The Morgan fingerprint density at radius 2 is 0.903 bits per heavy atom. The molecule has 0 saturated carbocycles. The lowest BCUT2D eigenvalue weighted by molar-refractivity contribution is 0.0173. The number of aldehydes is 2. The summed E-state index contributed by atoms with van der Waals surface area (Å²) >= 11 is 0. The van der Waals surface area contributed by atoms with Crippen LogP contribution in [0.3, 0.4) is 0 Å². The van der Waals surface area contributed by atoms with E-state index in [1.54, 1.807) is 24.3 Å². The van der Waals surface area contributed by atoms with E-state index in [2.05, 4.69) is 9.80 Å². The van der Waals surface area contributed by atoms with Crippen molar-refractivity contribution in [3.8, 4) is 0 Å². The van der Waals surface area contributed by atoms with Crippen LogP contribution in [0.15, 0.2) is 48.5 Å². The highest BCUT2D eigenvalue weighted by atomic mass is 16.5. The lowest BCUT2D eigenvalue weighted by atomic mass is 10.2. The Bertz CT molecular complexity index is 699. The maximum absolute atomic E-state index is 10.7. The molecule has 0 fully saturated rings. The molecule has 0 atom stereocenters. The topological polar surface area (TPSA) is 68.3 Å². The summed E-state index contributed by atoms with van der Waals surface area (Å²) < 4.78 is 16.7.